The first-order valence-corrected chi connectivity index (χ1v) is 8.59. The van der Waals surface area contributed by atoms with Gasteiger partial charge < -0.3 is 10.1 Å². The highest BCUT2D eigenvalue weighted by molar-refractivity contribution is 6.31. The molecule has 1 aliphatic heterocycles. The average Bonchev–Trinajstić information content (AvgIpc) is 3.11. The smallest absolute Gasteiger partial charge is 0.277 e. The molecule has 2 heterocycles. The molecule has 0 radical (unpaired) electrons. The number of Topliss-reactive ketones (excluding diaryl/α,β-unsaturated/α-hetero) is 1. The van der Waals surface area contributed by atoms with Crippen LogP contribution in [-0.2, 0) is 11.3 Å². The summed E-state index contributed by atoms with van der Waals surface area (Å²) in [7, 11) is 0. The highest BCUT2D eigenvalue weighted by Gasteiger charge is 2.26. The van der Waals surface area contributed by atoms with E-state index in [9.17, 15) is 9.59 Å². The number of nitrogens with zero attached hydrogens (tertiary/aromatic N) is 3. The van der Waals surface area contributed by atoms with Crippen molar-refractivity contribution >= 4 is 29.0 Å². The Bertz CT molecular complexity index is 784. The minimum Gasteiger partial charge on any atom is -0.381 e. The fraction of sp³-hybridized carbons (Fsp3) is 0.412. The number of ketones is 1. The molecule has 1 aromatic heterocycles. The molecule has 0 bridgehead atoms. The van der Waals surface area contributed by atoms with Crippen molar-refractivity contribution in [1.29, 1.82) is 0 Å². The van der Waals surface area contributed by atoms with E-state index in [2.05, 4.69) is 15.5 Å². The number of hydrogen-bond acceptors (Lipinski definition) is 5. The monoisotopic (exact) mass is 362 g/mol. The van der Waals surface area contributed by atoms with Gasteiger partial charge in [0.1, 0.15) is 0 Å². The number of carbonyl (C=O) groups excluding carboxylic acids is 2. The summed E-state index contributed by atoms with van der Waals surface area (Å²) < 4.78 is 5.40. The van der Waals surface area contributed by atoms with Gasteiger partial charge in [0.2, 0.25) is 0 Å². The van der Waals surface area contributed by atoms with Crippen molar-refractivity contribution in [1.82, 2.24) is 15.0 Å². The second-order valence-corrected chi connectivity index (χ2v) is 6.28. The Morgan fingerprint density at radius 1 is 1.44 bits per heavy atom. The van der Waals surface area contributed by atoms with Gasteiger partial charge in [-0.05, 0) is 38.0 Å². The number of benzene rings is 1. The Morgan fingerprint density at radius 2 is 2.28 bits per heavy atom. The van der Waals surface area contributed by atoms with E-state index >= 15 is 0 Å². The molecule has 1 N–H and O–H groups in total. The lowest BCUT2D eigenvalue weighted by Crippen LogP contribution is -2.26. The van der Waals surface area contributed by atoms with Crippen LogP contribution < -0.4 is 5.32 Å². The number of ether oxygens (including phenoxy) is 1. The highest BCUT2D eigenvalue weighted by atomic mass is 35.5. The quantitative estimate of drug-likeness (QED) is 0.826. The molecule has 25 heavy (non-hydrogen) atoms. The molecule has 2 aromatic rings. The summed E-state index contributed by atoms with van der Waals surface area (Å²) in [5.41, 5.74) is 0.983. The summed E-state index contributed by atoms with van der Waals surface area (Å²) in [4.78, 5) is 26.6. The van der Waals surface area contributed by atoms with Gasteiger partial charge in [0, 0.05) is 23.1 Å². The third-order valence-corrected chi connectivity index (χ3v) is 4.31. The standard InChI is InChI=1S/C17H19ClN4O3/c1-2-22-19-9-15(21-22)17(24)20-14-8-12(18)5-6-13(14)16(23)11-4-3-7-25-10-11/h5-6,8-9,11H,2-4,7,10H2,1H3,(H,20,24). The van der Waals surface area contributed by atoms with Gasteiger partial charge in [-0.25, -0.2) is 0 Å². The molecule has 1 amide bonds. The normalized spacial score (nSPS) is 17.3. The van der Waals surface area contributed by atoms with Crippen molar-refractivity contribution in [3.63, 3.8) is 0 Å². The topological polar surface area (TPSA) is 86.1 Å². The first kappa shape index (κ1) is 17.6. The van der Waals surface area contributed by atoms with Gasteiger partial charge >= 0.3 is 0 Å². The van der Waals surface area contributed by atoms with E-state index in [1.165, 1.54) is 11.0 Å². The summed E-state index contributed by atoms with van der Waals surface area (Å²) in [5, 5.41) is 11.2. The average molecular weight is 363 g/mol. The zero-order chi connectivity index (χ0) is 17.8. The van der Waals surface area contributed by atoms with Crippen molar-refractivity contribution in [3.05, 3.63) is 40.7 Å². The molecule has 1 saturated heterocycles. The number of anilines is 1. The minimum atomic E-state index is -0.434. The van der Waals surface area contributed by atoms with Gasteiger partial charge in [0.25, 0.3) is 5.91 Å². The van der Waals surface area contributed by atoms with E-state index in [0.29, 0.717) is 36.0 Å². The van der Waals surface area contributed by atoms with Gasteiger partial charge in [-0.3, -0.25) is 9.59 Å². The van der Waals surface area contributed by atoms with E-state index < -0.39 is 5.91 Å². The van der Waals surface area contributed by atoms with Crippen LogP contribution in [0.5, 0.6) is 0 Å². The number of halogens is 1. The predicted molar refractivity (Wildman–Crippen MR) is 93.0 cm³/mol. The van der Waals surface area contributed by atoms with Crippen LogP contribution in [0.25, 0.3) is 0 Å². The van der Waals surface area contributed by atoms with Crippen molar-refractivity contribution in [2.24, 2.45) is 5.92 Å². The number of amides is 1. The zero-order valence-corrected chi connectivity index (χ0v) is 14.6. The van der Waals surface area contributed by atoms with Gasteiger partial charge in [-0.15, -0.1) is 5.10 Å². The van der Waals surface area contributed by atoms with E-state index in [1.807, 2.05) is 6.92 Å². The Balaban J connectivity index is 1.83. The molecule has 7 nitrogen and oxygen atoms in total. The van der Waals surface area contributed by atoms with Crippen LogP contribution in [0.3, 0.4) is 0 Å². The SMILES string of the molecule is CCn1ncc(C(=O)Nc2cc(Cl)ccc2C(=O)C2CCCOC2)n1. The lowest BCUT2D eigenvalue weighted by atomic mass is 9.92. The largest absolute Gasteiger partial charge is 0.381 e. The second kappa shape index (κ2) is 7.76. The highest BCUT2D eigenvalue weighted by Crippen LogP contribution is 2.27. The van der Waals surface area contributed by atoms with Crippen LogP contribution in [0, 0.1) is 5.92 Å². The number of rotatable bonds is 5. The van der Waals surface area contributed by atoms with Crippen LogP contribution in [0.2, 0.25) is 5.02 Å². The van der Waals surface area contributed by atoms with Crippen molar-refractivity contribution < 1.29 is 14.3 Å². The Labute approximate surface area is 150 Å². The zero-order valence-electron chi connectivity index (χ0n) is 13.9. The van der Waals surface area contributed by atoms with E-state index in [-0.39, 0.29) is 17.4 Å². The van der Waals surface area contributed by atoms with Crippen LogP contribution in [-0.4, -0.2) is 39.9 Å². The summed E-state index contributed by atoms with van der Waals surface area (Å²) in [6.07, 6.45) is 3.02. The van der Waals surface area contributed by atoms with Crippen LogP contribution in [0.1, 0.15) is 40.6 Å². The molecular formula is C17H19ClN4O3. The number of carbonyl (C=O) groups is 2. The maximum atomic E-state index is 12.8. The molecular weight excluding hydrogens is 344 g/mol. The number of nitrogens with one attached hydrogen (secondary N) is 1. The predicted octanol–water partition coefficient (Wildman–Crippen LogP) is 2.81. The third kappa shape index (κ3) is 4.05. The van der Waals surface area contributed by atoms with Crippen LogP contribution in [0.15, 0.2) is 24.4 Å². The van der Waals surface area contributed by atoms with Gasteiger partial charge in [0.05, 0.1) is 25.0 Å². The fourth-order valence-electron chi connectivity index (χ4n) is 2.74. The van der Waals surface area contributed by atoms with Crippen LogP contribution >= 0.6 is 11.6 Å². The summed E-state index contributed by atoms with van der Waals surface area (Å²) in [6.45, 7) is 3.53. The van der Waals surface area contributed by atoms with Gasteiger partial charge in [0.15, 0.2) is 11.5 Å². The second-order valence-electron chi connectivity index (χ2n) is 5.84. The molecule has 0 aliphatic carbocycles. The first-order valence-electron chi connectivity index (χ1n) is 8.21. The van der Waals surface area contributed by atoms with E-state index in [0.717, 1.165) is 12.8 Å². The van der Waals surface area contributed by atoms with Crippen molar-refractivity contribution in [3.8, 4) is 0 Å². The molecule has 1 aromatic carbocycles. The fourth-order valence-corrected chi connectivity index (χ4v) is 2.91. The minimum absolute atomic E-state index is 0.0520. The molecule has 0 spiro atoms. The van der Waals surface area contributed by atoms with Gasteiger partial charge in [-0.2, -0.15) is 9.90 Å². The molecule has 1 unspecified atom stereocenters. The van der Waals surface area contributed by atoms with Gasteiger partial charge in [-0.1, -0.05) is 11.6 Å². The molecule has 1 atom stereocenters. The summed E-state index contributed by atoms with van der Waals surface area (Å²) in [6, 6.07) is 4.85. The van der Waals surface area contributed by atoms with Crippen LogP contribution in [0.4, 0.5) is 5.69 Å². The summed E-state index contributed by atoms with van der Waals surface area (Å²) >= 11 is 6.04. The number of aryl methyl sites for hydroxylation is 1. The Kier molecular flexibility index (Phi) is 5.45. The lowest BCUT2D eigenvalue weighted by molar-refractivity contribution is 0.0462. The lowest BCUT2D eigenvalue weighted by Gasteiger charge is -2.22. The van der Waals surface area contributed by atoms with E-state index in [4.69, 9.17) is 16.3 Å². The molecule has 132 valence electrons. The Morgan fingerprint density at radius 3 is 2.96 bits per heavy atom. The number of hydrogen-bond donors (Lipinski definition) is 1. The molecule has 1 aliphatic rings. The molecule has 0 saturated carbocycles. The first-order chi connectivity index (χ1) is 12.1. The van der Waals surface area contributed by atoms with Crippen molar-refractivity contribution in [2.75, 3.05) is 18.5 Å². The summed E-state index contributed by atoms with van der Waals surface area (Å²) in [5.74, 6) is -0.689. The van der Waals surface area contributed by atoms with Crippen molar-refractivity contribution in [2.45, 2.75) is 26.3 Å². The number of aromatic nitrogens is 3. The maximum Gasteiger partial charge on any atom is 0.277 e. The third-order valence-electron chi connectivity index (χ3n) is 4.08. The maximum absolute atomic E-state index is 12.8. The molecule has 1 fully saturated rings. The molecule has 3 rings (SSSR count). The Hall–Kier alpha value is -2.25. The molecule has 8 heteroatoms. The van der Waals surface area contributed by atoms with E-state index in [1.54, 1.807) is 18.2 Å².